The van der Waals surface area contributed by atoms with E-state index in [2.05, 4.69) is 41.5 Å². The van der Waals surface area contributed by atoms with Gasteiger partial charge in [0.25, 0.3) is 0 Å². The van der Waals surface area contributed by atoms with Gasteiger partial charge in [-0.1, -0.05) is 41.5 Å². The van der Waals surface area contributed by atoms with Gasteiger partial charge in [0.05, 0.1) is 0 Å². The second-order valence-electron chi connectivity index (χ2n) is 7.19. The Hall–Kier alpha value is 0. The Kier molecular flexibility index (Phi) is 1.58. The zero-order chi connectivity index (χ0) is 10.1. The lowest BCUT2D eigenvalue weighted by Gasteiger charge is -2.56. The van der Waals surface area contributed by atoms with Gasteiger partial charge < -0.3 is 0 Å². The van der Waals surface area contributed by atoms with E-state index < -0.39 is 0 Å². The van der Waals surface area contributed by atoms with Crippen molar-refractivity contribution in [3.8, 4) is 0 Å². The van der Waals surface area contributed by atoms with E-state index >= 15 is 0 Å². The SMILES string of the molecule is CC(C)(C)C1CC2CC1(C)C2(C)C. The molecule has 2 bridgehead atoms. The summed E-state index contributed by atoms with van der Waals surface area (Å²) in [6.07, 6.45) is 2.97. The Labute approximate surface area is 83.1 Å². The molecule has 0 N–H and O–H groups in total. The van der Waals surface area contributed by atoms with Gasteiger partial charge in [0.2, 0.25) is 0 Å². The second kappa shape index (κ2) is 2.15. The van der Waals surface area contributed by atoms with E-state index in [4.69, 9.17) is 0 Å². The highest BCUT2D eigenvalue weighted by molar-refractivity contribution is 5.16. The van der Waals surface area contributed by atoms with Gasteiger partial charge >= 0.3 is 0 Å². The summed E-state index contributed by atoms with van der Waals surface area (Å²) in [5, 5.41) is 0. The fourth-order valence-corrected chi connectivity index (χ4v) is 4.19. The molecular weight excluding hydrogens is 156 g/mol. The first-order valence-corrected chi connectivity index (χ1v) is 5.69. The minimum atomic E-state index is 0.511. The molecule has 0 aromatic heterocycles. The van der Waals surface area contributed by atoms with E-state index in [-0.39, 0.29) is 0 Å². The maximum atomic E-state index is 2.52. The normalized spacial score (nSPS) is 47.5. The summed E-state index contributed by atoms with van der Waals surface area (Å²) < 4.78 is 0. The summed E-state index contributed by atoms with van der Waals surface area (Å²) >= 11 is 0. The molecule has 0 radical (unpaired) electrons. The van der Waals surface area contributed by atoms with Crippen LogP contribution in [0.1, 0.15) is 54.4 Å². The molecule has 3 rings (SSSR count). The molecule has 3 fully saturated rings. The van der Waals surface area contributed by atoms with E-state index in [1.165, 1.54) is 12.8 Å². The van der Waals surface area contributed by atoms with Crippen molar-refractivity contribution in [2.75, 3.05) is 0 Å². The van der Waals surface area contributed by atoms with Crippen molar-refractivity contribution in [3.63, 3.8) is 0 Å². The fraction of sp³-hybridized carbons (Fsp3) is 1.00. The summed E-state index contributed by atoms with van der Waals surface area (Å²) in [5.74, 6) is 1.96. The van der Waals surface area contributed by atoms with Gasteiger partial charge in [-0.25, -0.2) is 0 Å². The lowest BCUT2D eigenvalue weighted by Crippen LogP contribution is -2.49. The lowest BCUT2D eigenvalue weighted by molar-refractivity contribution is -0.0784. The topological polar surface area (TPSA) is 0 Å². The van der Waals surface area contributed by atoms with Crippen LogP contribution in [0.4, 0.5) is 0 Å². The molecule has 0 spiro atoms. The molecule has 0 heteroatoms. The zero-order valence-electron chi connectivity index (χ0n) is 10.1. The van der Waals surface area contributed by atoms with Crippen LogP contribution in [0.2, 0.25) is 0 Å². The molecule has 3 aliphatic carbocycles. The second-order valence-corrected chi connectivity index (χ2v) is 7.19. The first kappa shape index (κ1) is 9.55. The van der Waals surface area contributed by atoms with Crippen LogP contribution in [-0.4, -0.2) is 0 Å². The van der Waals surface area contributed by atoms with Gasteiger partial charge in [-0.05, 0) is 40.9 Å². The Balaban J connectivity index is 2.30. The quantitative estimate of drug-likeness (QED) is 0.526. The number of hydrogen-bond donors (Lipinski definition) is 0. The van der Waals surface area contributed by atoms with Crippen LogP contribution in [0.15, 0.2) is 0 Å². The van der Waals surface area contributed by atoms with Crippen LogP contribution in [0.25, 0.3) is 0 Å². The zero-order valence-corrected chi connectivity index (χ0v) is 10.1. The third kappa shape index (κ3) is 0.926. The molecule has 3 atom stereocenters. The van der Waals surface area contributed by atoms with Gasteiger partial charge in [-0.2, -0.15) is 0 Å². The molecule has 13 heavy (non-hydrogen) atoms. The van der Waals surface area contributed by atoms with E-state index in [1.807, 2.05) is 0 Å². The van der Waals surface area contributed by atoms with Gasteiger partial charge in [0.1, 0.15) is 0 Å². The molecule has 76 valence electrons. The molecule has 0 aromatic carbocycles. The molecule has 0 aliphatic heterocycles. The highest BCUT2D eigenvalue weighted by Gasteiger charge is 2.68. The molecule has 0 aromatic rings. The highest BCUT2D eigenvalue weighted by Crippen LogP contribution is 2.75. The van der Waals surface area contributed by atoms with Gasteiger partial charge in [-0.15, -0.1) is 0 Å². The van der Waals surface area contributed by atoms with E-state index in [0.29, 0.717) is 16.2 Å². The van der Waals surface area contributed by atoms with Crippen molar-refractivity contribution < 1.29 is 0 Å². The summed E-state index contributed by atoms with van der Waals surface area (Å²) in [4.78, 5) is 0. The molecule has 3 unspecified atom stereocenters. The maximum absolute atomic E-state index is 2.52. The van der Waals surface area contributed by atoms with Crippen molar-refractivity contribution in [3.05, 3.63) is 0 Å². The van der Waals surface area contributed by atoms with Crippen molar-refractivity contribution in [1.29, 1.82) is 0 Å². The monoisotopic (exact) mass is 180 g/mol. The Morgan fingerprint density at radius 3 is 1.77 bits per heavy atom. The lowest BCUT2D eigenvalue weighted by atomic mass is 9.48. The fourth-order valence-electron chi connectivity index (χ4n) is 4.19. The average Bonchev–Trinajstić information content (AvgIpc) is 2.37. The molecule has 0 nitrogen and oxygen atoms in total. The van der Waals surface area contributed by atoms with Crippen LogP contribution in [0.3, 0.4) is 0 Å². The molecular formula is C13H24. The first-order valence-electron chi connectivity index (χ1n) is 5.69. The highest BCUT2D eigenvalue weighted by atomic mass is 14.7. The summed E-state index contributed by atoms with van der Waals surface area (Å²) in [5.41, 5.74) is 1.76. The molecule has 3 aliphatic rings. The summed E-state index contributed by atoms with van der Waals surface area (Å²) in [7, 11) is 0. The van der Waals surface area contributed by atoms with Gasteiger partial charge in [0.15, 0.2) is 0 Å². The Bertz CT molecular complexity index is 231. The number of fused-ring (bicyclic) bond motifs is 1. The Morgan fingerprint density at radius 1 is 1.08 bits per heavy atom. The standard InChI is InChI=1S/C13H24/c1-11(2,3)10-7-9-8-13(10,6)12(9,4)5/h9-10H,7-8H2,1-6H3. The van der Waals surface area contributed by atoms with Crippen molar-refractivity contribution >= 4 is 0 Å². The van der Waals surface area contributed by atoms with Crippen molar-refractivity contribution in [2.45, 2.75) is 54.4 Å². The van der Waals surface area contributed by atoms with Crippen molar-refractivity contribution in [1.82, 2.24) is 0 Å². The third-order valence-electron chi connectivity index (χ3n) is 5.50. The van der Waals surface area contributed by atoms with E-state index in [9.17, 15) is 0 Å². The maximum Gasteiger partial charge on any atom is -0.0236 e. The number of rotatable bonds is 0. The van der Waals surface area contributed by atoms with Crippen LogP contribution >= 0.6 is 0 Å². The minimum absolute atomic E-state index is 0.511. The van der Waals surface area contributed by atoms with Gasteiger partial charge in [0, 0.05) is 0 Å². The van der Waals surface area contributed by atoms with Crippen LogP contribution < -0.4 is 0 Å². The minimum Gasteiger partial charge on any atom is -0.0599 e. The summed E-state index contributed by atoms with van der Waals surface area (Å²) in [6.45, 7) is 14.7. The van der Waals surface area contributed by atoms with Crippen LogP contribution in [-0.2, 0) is 0 Å². The van der Waals surface area contributed by atoms with E-state index in [1.54, 1.807) is 0 Å². The van der Waals surface area contributed by atoms with Crippen molar-refractivity contribution in [2.24, 2.45) is 28.1 Å². The largest absolute Gasteiger partial charge is 0.0599 e. The molecule has 0 saturated heterocycles. The predicted molar refractivity (Wildman–Crippen MR) is 57.6 cm³/mol. The van der Waals surface area contributed by atoms with Crippen LogP contribution in [0, 0.1) is 28.1 Å². The predicted octanol–water partition coefficient (Wildman–Crippen LogP) is 4.10. The van der Waals surface area contributed by atoms with Gasteiger partial charge in [-0.3, -0.25) is 0 Å². The van der Waals surface area contributed by atoms with Crippen LogP contribution in [0.5, 0.6) is 0 Å². The first-order chi connectivity index (χ1) is 5.69. The molecule has 0 amide bonds. The number of hydrogen-bond acceptors (Lipinski definition) is 0. The summed E-state index contributed by atoms with van der Waals surface area (Å²) in [6, 6.07) is 0. The Morgan fingerprint density at radius 2 is 1.62 bits per heavy atom. The molecule has 3 saturated carbocycles. The third-order valence-corrected chi connectivity index (χ3v) is 5.50. The smallest absolute Gasteiger partial charge is 0.0236 e. The average molecular weight is 180 g/mol. The molecule has 0 heterocycles. The van der Waals surface area contributed by atoms with E-state index in [0.717, 1.165) is 11.8 Å².